The third-order valence-electron chi connectivity index (χ3n) is 3.66. The number of hydrogen-bond acceptors (Lipinski definition) is 2. The SMILES string of the molecule is CC1(CBr)CCN(c2ccccc2C#N)CC1. The standard InChI is InChI=1S/C14H17BrN2/c1-14(11-15)6-8-17(9-7-14)13-5-3-2-4-12(13)10-16/h2-5H,6-9,11H2,1H3. The van der Waals surface area contributed by atoms with Crippen molar-refractivity contribution < 1.29 is 0 Å². The van der Waals surface area contributed by atoms with E-state index in [2.05, 4.69) is 39.9 Å². The quantitative estimate of drug-likeness (QED) is 0.780. The molecule has 1 heterocycles. The molecule has 1 aromatic carbocycles. The maximum Gasteiger partial charge on any atom is 0.101 e. The number of alkyl halides is 1. The molecule has 0 aliphatic carbocycles. The second-order valence-electron chi connectivity index (χ2n) is 5.06. The molecule has 17 heavy (non-hydrogen) atoms. The van der Waals surface area contributed by atoms with Gasteiger partial charge in [-0.2, -0.15) is 5.26 Å². The third kappa shape index (κ3) is 2.63. The van der Waals surface area contributed by atoms with E-state index < -0.39 is 0 Å². The van der Waals surface area contributed by atoms with Crippen molar-refractivity contribution in [3.63, 3.8) is 0 Å². The minimum atomic E-state index is 0.415. The predicted molar refractivity (Wildman–Crippen MR) is 74.5 cm³/mol. The van der Waals surface area contributed by atoms with Gasteiger partial charge in [-0.05, 0) is 30.4 Å². The van der Waals surface area contributed by atoms with Crippen LogP contribution in [0.15, 0.2) is 24.3 Å². The van der Waals surface area contributed by atoms with Crippen LogP contribution < -0.4 is 4.90 Å². The molecule has 0 unspecified atom stereocenters. The van der Waals surface area contributed by atoms with E-state index in [4.69, 9.17) is 5.26 Å². The molecule has 1 aliphatic rings. The van der Waals surface area contributed by atoms with Gasteiger partial charge in [-0.1, -0.05) is 35.0 Å². The molecule has 0 bridgehead atoms. The van der Waals surface area contributed by atoms with Crippen molar-refractivity contribution in [3.8, 4) is 6.07 Å². The van der Waals surface area contributed by atoms with E-state index in [1.54, 1.807) is 0 Å². The largest absolute Gasteiger partial charge is 0.370 e. The smallest absolute Gasteiger partial charge is 0.101 e. The van der Waals surface area contributed by atoms with E-state index in [0.29, 0.717) is 5.41 Å². The average molecular weight is 293 g/mol. The number of para-hydroxylation sites is 1. The Morgan fingerprint density at radius 2 is 2.00 bits per heavy atom. The van der Waals surface area contributed by atoms with Gasteiger partial charge in [0.25, 0.3) is 0 Å². The lowest BCUT2D eigenvalue weighted by molar-refractivity contribution is 0.289. The highest BCUT2D eigenvalue weighted by Crippen LogP contribution is 2.35. The molecular formula is C14H17BrN2. The van der Waals surface area contributed by atoms with Gasteiger partial charge in [-0.15, -0.1) is 0 Å². The van der Waals surface area contributed by atoms with Gasteiger partial charge in [0.05, 0.1) is 11.3 Å². The Kier molecular flexibility index (Phi) is 3.73. The Hall–Kier alpha value is -1.01. The van der Waals surface area contributed by atoms with Crippen molar-refractivity contribution in [2.24, 2.45) is 5.41 Å². The molecule has 0 saturated carbocycles. The predicted octanol–water partition coefficient (Wildman–Crippen LogP) is 3.56. The first-order valence-electron chi connectivity index (χ1n) is 5.98. The summed E-state index contributed by atoms with van der Waals surface area (Å²) in [4.78, 5) is 2.34. The summed E-state index contributed by atoms with van der Waals surface area (Å²) in [5.41, 5.74) is 2.29. The summed E-state index contributed by atoms with van der Waals surface area (Å²) in [6.07, 6.45) is 2.36. The molecule has 3 heteroatoms. The molecule has 0 amide bonds. The second kappa shape index (κ2) is 5.10. The Labute approximate surface area is 111 Å². The second-order valence-corrected chi connectivity index (χ2v) is 5.62. The molecule has 1 fully saturated rings. The third-order valence-corrected chi connectivity index (χ3v) is 5.01. The lowest BCUT2D eigenvalue weighted by Gasteiger charge is -2.39. The monoisotopic (exact) mass is 292 g/mol. The summed E-state index contributed by atoms with van der Waals surface area (Å²) >= 11 is 3.60. The molecule has 0 spiro atoms. The van der Waals surface area contributed by atoms with Crippen molar-refractivity contribution in [2.75, 3.05) is 23.3 Å². The molecule has 0 radical (unpaired) electrons. The van der Waals surface area contributed by atoms with Crippen molar-refractivity contribution in [3.05, 3.63) is 29.8 Å². The van der Waals surface area contributed by atoms with Crippen LogP contribution in [0.3, 0.4) is 0 Å². The van der Waals surface area contributed by atoms with Crippen LogP contribution in [0.4, 0.5) is 5.69 Å². The lowest BCUT2D eigenvalue weighted by Crippen LogP contribution is -2.39. The van der Waals surface area contributed by atoms with E-state index in [0.717, 1.165) is 29.7 Å². The number of piperidine rings is 1. The summed E-state index contributed by atoms with van der Waals surface area (Å²) in [6, 6.07) is 10.2. The summed E-state index contributed by atoms with van der Waals surface area (Å²) in [5, 5.41) is 10.2. The summed E-state index contributed by atoms with van der Waals surface area (Å²) < 4.78 is 0. The van der Waals surface area contributed by atoms with Crippen LogP contribution in [-0.4, -0.2) is 18.4 Å². The molecule has 90 valence electrons. The molecule has 0 atom stereocenters. The first-order valence-corrected chi connectivity index (χ1v) is 7.11. The fourth-order valence-corrected chi connectivity index (χ4v) is 2.83. The number of anilines is 1. The first kappa shape index (κ1) is 12.4. The highest BCUT2D eigenvalue weighted by molar-refractivity contribution is 9.09. The van der Waals surface area contributed by atoms with E-state index in [-0.39, 0.29) is 0 Å². The first-order chi connectivity index (χ1) is 8.18. The van der Waals surface area contributed by atoms with Gasteiger partial charge in [0, 0.05) is 18.4 Å². The Morgan fingerprint density at radius 3 is 2.59 bits per heavy atom. The van der Waals surface area contributed by atoms with Gasteiger partial charge in [0.1, 0.15) is 6.07 Å². The van der Waals surface area contributed by atoms with E-state index in [9.17, 15) is 0 Å². The normalized spacial score (nSPS) is 18.8. The highest BCUT2D eigenvalue weighted by Gasteiger charge is 2.29. The Morgan fingerprint density at radius 1 is 1.35 bits per heavy atom. The zero-order valence-corrected chi connectivity index (χ0v) is 11.7. The van der Waals surface area contributed by atoms with Crippen LogP contribution >= 0.6 is 15.9 Å². The molecule has 1 saturated heterocycles. The van der Waals surface area contributed by atoms with Gasteiger partial charge in [-0.3, -0.25) is 0 Å². The van der Waals surface area contributed by atoms with Crippen LogP contribution in [0, 0.1) is 16.7 Å². The minimum absolute atomic E-state index is 0.415. The Balaban J connectivity index is 2.14. The van der Waals surface area contributed by atoms with Crippen LogP contribution in [0.5, 0.6) is 0 Å². The number of rotatable bonds is 2. The Bertz CT molecular complexity index is 428. The fourth-order valence-electron chi connectivity index (χ4n) is 2.27. The highest BCUT2D eigenvalue weighted by atomic mass is 79.9. The molecule has 2 rings (SSSR count). The number of halogens is 1. The number of benzene rings is 1. The van der Waals surface area contributed by atoms with Crippen LogP contribution in [0.25, 0.3) is 0 Å². The molecule has 1 aromatic rings. The van der Waals surface area contributed by atoms with Gasteiger partial charge in [-0.25, -0.2) is 0 Å². The molecule has 1 aliphatic heterocycles. The van der Waals surface area contributed by atoms with E-state index in [1.165, 1.54) is 12.8 Å². The molecular weight excluding hydrogens is 276 g/mol. The van der Waals surface area contributed by atoms with Gasteiger partial charge >= 0.3 is 0 Å². The number of hydrogen-bond donors (Lipinski definition) is 0. The molecule has 0 aromatic heterocycles. The molecule has 2 nitrogen and oxygen atoms in total. The van der Waals surface area contributed by atoms with Crippen LogP contribution in [0.2, 0.25) is 0 Å². The van der Waals surface area contributed by atoms with Crippen LogP contribution in [0.1, 0.15) is 25.3 Å². The fraction of sp³-hybridized carbons (Fsp3) is 0.500. The zero-order valence-electron chi connectivity index (χ0n) is 10.1. The summed E-state index contributed by atoms with van der Waals surface area (Å²) in [6.45, 7) is 4.41. The van der Waals surface area contributed by atoms with Gasteiger partial charge in [0.2, 0.25) is 0 Å². The minimum Gasteiger partial charge on any atom is -0.370 e. The molecule has 0 N–H and O–H groups in total. The maximum absolute atomic E-state index is 9.11. The number of nitrogens with zero attached hydrogens (tertiary/aromatic N) is 2. The van der Waals surface area contributed by atoms with Crippen molar-refractivity contribution in [1.82, 2.24) is 0 Å². The van der Waals surface area contributed by atoms with E-state index >= 15 is 0 Å². The van der Waals surface area contributed by atoms with Crippen molar-refractivity contribution in [1.29, 1.82) is 5.26 Å². The zero-order chi connectivity index (χ0) is 12.3. The van der Waals surface area contributed by atoms with Gasteiger partial charge < -0.3 is 4.90 Å². The number of nitriles is 1. The van der Waals surface area contributed by atoms with Crippen molar-refractivity contribution in [2.45, 2.75) is 19.8 Å². The summed E-state index contributed by atoms with van der Waals surface area (Å²) in [5.74, 6) is 0. The maximum atomic E-state index is 9.11. The average Bonchev–Trinajstić information content (AvgIpc) is 2.40. The summed E-state index contributed by atoms with van der Waals surface area (Å²) in [7, 11) is 0. The lowest BCUT2D eigenvalue weighted by atomic mass is 9.82. The topological polar surface area (TPSA) is 27.0 Å². The van der Waals surface area contributed by atoms with Gasteiger partial charge in [0.15, 0.2) is 0 Å². The van der Waals surface area contributed by atoms with Crippen molar-refractivity contribution >= 4 is 21.6 Å². The van der Waals surface area contributed by atoms with Crippen LogP contribution in [-0.2, 0) is 0 Å². The van der Waals surface area contributed by atoms with E-state index in [1.807, 2.05) is 18.2 Å².